The minimum atomic E-state index is 0.0716. The standard InChI is InChI=1S/C18H14O2/c1-13(19)14-6-4-7-15(12-14)16-8-2-3-9-17(16)18-10-5-11-20-18/h2-12H,1H3. The van der Waals surface area contributed by atoms with Gasteiger partial charge in [-0.15, -0.1) is 0 Å². The second-order valence-electron chi connectivity index (χ2n) is 4.66. The van der Waals surface area contributed by atoms with Gasteiger partial charge in [-0.1, -0.05) is 42.5 Å². The van der Waals surface area contributed by atoms with E-state index in [-0.39, 0.29) is 5.78 Å². The molecule has 1 aromatic heterocycles. The van der Waals surface area contributed by atoms with Crippen LogP contribution < -0.4 is 0 Å². The number of hydrogen-bond donors (Lipinski definition) is 0. The number of furan rings is 1. The highest BCUT2D eigenvalue weighted by atomic mass is 16.3. The summed E-state index contributed by atoms with van der Waals surface area (Å²) in [5.41, 5.74) is 3.82. The molecule has 2 nitrogen and oxygen atoms in total. The Morgan fingerprint density at radius 1 is 0.900 bits per heavy atom. The summed E-state index contributed by atoms with van der Waals surface area (Å²) in [6.07, 6.45) is 1.66. The van der Waals surface area contributed by atoms with Crippen LogP contribution in [0.3, 0.4) is 0 Å². The van der Waals surface area contributed by atoms with Crippen molar-refractivity contribution in [3.05, 3.63) is 72.5 Å². The average molecular weight is 262 g/mol. The highest BCUT2D eigenvalue weighted by Crippen LogP contribution is 2.32. The summed E-state index contributed by atoms with van der Waals surface area (Å²) < 4.78 is 5.49. The van der Waals surface area contributed by atoms with Crippen LogP contribution in [0.15, 0.2) is 71.3 Å². The number of ketones is 1. The lowest BCUT2D eigenvalue weighted by Gasteiger charge is -2.08. The molecule has 0 aliphatic rings. The van der Waals surface area contributed by atoms with Crippen LogP contribution >= 0.6 is 0 Å². The van der Waals surface area contributed by atoms with Gasteiger partial charge in [-0.3, -0.25) is 4.79 Å². The van der Waals surface area contributed by atoms with E-state index in [0.717, 1.165) is 28.0 Å². The quantitative estimate of drug-likeness (QED) is 0.634. The summed E-state index contributed by atoms with van der Waals surface area (Å²) in [6, 6.07) is 19.5. The third kappa shape index (κ3) is 2.28. The second kappa shape index (κ2) is 5.17. The molecule has 0 fully saturated rings. The number of benzene rings is 2. The van der Waals surface area contributed by atoms with Crippen molar-refractivity contribution < 1.29 is 9.21 Å². The molecule has 0 saturated heterocycles. The molecule has 2 aromatic carbocycles. The van der Waals surface area contributed by atoms with Crippen LogP contribution in [0, 0.1) is 0 Å². The third-order valence-corrected chi connectivity index (χ3v) is 3.29. The summed E-state index contributed by atoms with van der Waals surface area (Å²) in [5, 5.41) is 0. The molecule has 20 heavy (non-hydrogen) atoms. The molecule has 0 spiro atoms. The normalized spacial score (nSPS) is 10.4. The minimum absolute atomic E-state index is 0.0716. The van der Waals surface area contributed by atoms with E-state index in [1.54, 1.807) is 13.2 Å². The van der Waals surface area contributed by atoms with Gasteiger partial charge in [0, 0.05) is 11.1 Å². The van der Waals surface area contributed by atoms with E-state index in [0.29, 0.717) is 0 Å². The zero-order chi connectivity index (χ0) is 13.9. The second-order valence-corrected chi connectivity index (χ2v) is 4.66. The van der Waals surface area contributed by atoms with Gasteiger partial charge in [0.05, 0.1) is 6.26 Å². The summed E-state index contributed by atoms with van der Waals surface area (Å²) in [6.45, 7) is 1.58. The molecule has 0 bridgehead atoms. The predicted octanol–water partition coefficient (Wildman–Crippen LogP) is 4.82. The Hall–Kier alpha value is -2.61. The Morgan fingerprint density at radius 3 is 2.40 bits per heavy atom. The molecule has 0 aliphatic heterocycles. The number of Topliss-reactive ketones (excluding diaryl/α,β-unsaturated/α-hetero) is 1. The Labute approximate surface area is 117 Å². The van der Waals surface area contributed by atoms with Crippen LogP contribution in [0.1, 0.15) is 17.3 Å². The van der Waals surface area contributed by atoms with Gasteiger partial charge >= 0.3 is 0 Å². The molecule has 0 radical (unpaired) electrons. The molecule has 0 unspecified atom stereocenters. The molecular weight excluding hydrogens is 248 g/mol. The lowest BCUT2D eigenvalue weighted by atomic mass is 9.96. The fraction of sp³-hybridized carbons (Fsp3) is 0.0556. The molecule has 3 aromatic rings. The van der Waals surface area contributed by atoms with Gasteiger partial charge in [0.15, 0.2) is 5.78 Å². The summed E-state index contributed by atoms with van der Waals surface area (Å²) in [4.78, 5) is 11.5. The Balaban J connectivity index is 2.16. The monoisotopic (exact) mass is 262 g/mol. The first-order chi connectivity index (χ1) is 9.75. The fourth-order valence-electron chi connectivity index (χ4n) is 2.29. The molecule has 1 heterocycles. The Bertz CT molecular complexity index is 740. The van der Waals surface area contributed by atoms with E-state index in [9.17, 15) is 4.79 Å². The number of carbonyl (C=O) groups excluding carboxylic acids is 1. The predicted molar refractivity (Wildman–Crippen MR) is 79.6 cm³/mol. The number of rotatable bonds is 3. The summed E-state index contributed by atoms with van der Waals surface area (Å²) in [7, 11) is 0. The van der Waals surface area contributed by atoms with Crippen LogP contribution in [0.4, 0.5) is 0 Å². The lowest BCUT2D eigenvalue weighted by Crippen LogP contribution is -1.92. The zero-order valence-electron chi connectivity index (χ0n) is 11.2. The maximum Gasteiger partial charge on any atom is 0.159 e. The van der Waals surface area contributed by atoms with E-state index in [1.807, 2.05) is 60.7 Å². The largest absolute Gasteiger partial charge is 0.464 e. The number of carbonyl (C=O) groups is 1. The van der Waals surface area contributed by atoms with Crippen molar-refractivity contribution in [1.29, 1.82) is 0 Å². The molecule has 2 heteroatoms. The molecule has 3 rings (SSSR count). The lowest BCUT2D eigenvalue weighted by molar-refractivity contribution is 0.101. The van der Waals surface area contributed by atoms with Crippen LogP contribution in [-0.2, 0) is 0 Å². The highest BCUT2D eigenvalue weighted by Gasteiger charge is 2.10. The molecule has 0 saturated carbocycles. The Morgan fingerprint density at radius 2 is 1.70 bits per heavy atom. The SMILES string of the molecule is CC(=O)c1cccc(-c2ccccc2-c2ccco2)c1. The first kappa shape index (κ1) is 12.4. The van der Waals surface area contributed by atoms with Gasteiger partial charge in [-0.25, -0.2) is 0 Å². The maximum absolute atomic E-state index is 11.5. The first-order valence-electron chi connectivity index (χ1n) is 6.50. The van der Waals surface area contributed by atoms with Crippen LogP contribution in [0.5, 0.6) is 0 Å². The number of hydrogen-bond acceptors (Lipinski definition) is 2. The minimum Gasteiger partial charge on any atom is -0.464 e. The van der Waals surface area contributed by atoms with Crippen molar-refractivity contribution in [3.63, 3.8) is 0 Å². The fourth-order valence-corrected chi connectivity index (χ4v) is 2.29. The van der Waals surface area contributed by atoms with Crippen molar-refractivity contribution in [3.8, 4) is 22.5 Å². The first-order valence-corrected chi connectivity index (χ1v) is 6.50. The highest BCUT2D eigenvalue weighted by molar-refractivity contribution is 5.96. The molecule has 0 N–H and O–H groups in total. The van der Waals surface area contributed by atoms with Crippen LogP contribution in [0.25, 0.3) is 22.5 Å². The molecule has 0 amide bonds. The van der Waals surface area contributed by atoms with E-state index < -0.39 is 0 Å². The third-order valence-electron chi connectivity index (χ3n) is 3.29. The van der Waals surface area contributed by atoms with Crippen molar-refractivity contribution in [1.82, 2.24) is 0 Å². The smallest absolute Gasteiger partial charge is 0.159 e. The van der Waals surface area contributed by atoms with Gasteiger partial charge in [0.1, 0.15) is 5.76 Å². The zero-order valence-corrected chi connectivity index (χ0v) is 11.2. The van der Waals surface area contributed by atoms with E-state index >= 15 is 0 Å². The van der Waals surface area contributed by atoms with Gasteiger partial charge in [-0.2, -0.15) is 0 Å². The van der Waals surface area contributed by atoms with Gasteiger partial charge in [0.2, 0.25) is 0 Å². The molecule has 98 valence electrons. The van der Waals surface area contributed by atoms with Crippen molar-refractivity contribution in [2.75, 3.05) is 0 Å². The Kier molecular flexibility index (Phi) is 3.21. The maximum atomic E-state index is 11.5. The van der Waals surface area contributed by atoms with Crippen molar-refractivity contribution in [2.45, 2.75) is 6.92 Å². The topological polar surface area (TPSA) is 30.2 Å². The average Bonchev–Trinajstić information content (AvgIpc) is 3.01. The van der Waals surface area contributed by atoms with Crippen molar-refractivity contribution in [2.24, 2.45) is 0 Å². The molecule has 0 atom stereocenters. The van der Waals surface area contributed by atoms with Crippen molar-refractivity contribution >= 4 is 5.78 Å². The molecule has 0 aliphatic carbocycles. The molecular formula is C18H14O2. The van der Waals surface area contributed by atoms with Crippen LogP contribution in [-0.4, -0.2) is 5.78 Å². The van der Waals surface area contributed by atoms with Gasteiger partial charge < -0.3 is 4.42 Å². The van der Waals surface area contributed by atoms with Gasteiger partial charge in [-0.05, 0) is 36.2 Å². The van der Waals surface area contributed by atoms with Gasteiger partial charge in [0.25, 0.3) is 0 Å². The van der Waals surface area contributed by atoms with E-state index in [2.05, 4.69) is 0 Å². The summed E-state index contributed by atoms with van der Waals surface area (Å²) in [5.74, 6) is 0.899. The van der Waals surface area contributed by atoms with E-state index in [1.165, 1.54) is 0 Å². The summed E-state index contributed by atoms with van der Waals surface area (Å²) >= 11 is 0. The van der Waals surface area contributed by atoms with Crippen LogP contribution in [0.2, 0.25) is 0 Å². The van der Waals surface area contributed by atoms with E-state index in [4.69, 9.17) is 4.42 Å².